The Morgan fingerprint density at radius 3 is 2.64 bits per heavy atom. The molecule has 0 fully saturated rings. The van der Waals surface area contributed by atoms with E-state index in [0.29, 0.717) is 38.3 Å². The Labute approximate surface area is 222 Å². The number of rotatable bonds is 8. The van der Waals surface area contributed by atoms with Gasteiger partial charge in [-0.1, -0.05) is 35.3 Å². The van der Waals surface area contributed by atoms with E-state index in [1.165, 1.54) is 4.68 Å². The van der Waals surface area contributed by atoms with Crippen LogP contribution in [-0.2, 0) is 11.8 Å². The summed E-state index contributed by atoms with van der Waals surface area (Å²) in [7, 11) is 1.69. The van der Waals surface area contributed by atoms with Gasteiger partial charge in [0.05, 0.1) is 15.8 Å². The largest absolute Gasteiger partial charge is 0.504 e. The highest BCUT2D eigenvalue weighted by molar-refractivity contribution is 7.80. The van der Waals surface area contributed by atoms with Gasteiger partial charge in [-0.25, -0.2) is 0 Å². The fourth-order valence-corrected chi connectivity index (χ4v) is 3.67. The van der Waals surface area contributed by atoms with Gasteiger partial charge in [-0.05, 0) is 49.5 Å². The molecule has 188 valence electrons. The minimum atomic E-state index is -0.498. The Morgan fingerprint density at radius 2 is 1.94 bits per heavy atom. The van der Waals surface area contributed by atoms with E-state index in [2.05, 4.69) is 26.3 Å². The molecule has 0 aliphatic rings. The monoisotopic (exact) mass is 547 g/mol. The third-order valence-corrected chi connectivity index (χ3v) is 5.86. The van der Waals surface area contributed by atoms with Crippen LogP contribution in [-0.4, -0.2) is 44.1 Å². The molecule has 0 unspecified atom stereocenters. The summed E-state index contributed by atoms with van der Waals surface area (Å²) in [6.07, 6.45) is 0.0514. The Bertz CT molecular complexity index is 1360. The second kappa shape index (κ2) is 11.8. The molecule has 0 aliphatic heterocycles. The first-order valence-electron chi connectivity index (χ1n) is 10.6. The van der Waals surface area contributed by atoms with Crippen LogP contribution in [0.3, 0.4) is 0 Å². The zero-order chi connectivity index (χ0) is 26.4. The third kappa shape index (κ3) is 6.72. The number of amides is 2. The summed E-state index contributed by atoms with van der Waals surface area (Å²) in [6.45, 7) is 1.81. The van der Waals surface area contributed by atoms with Crippen LogP contribution < -0.4 is 21.8 Å². The van der Waals surface area contributed by atoms with Gasteiger partial charge in [0.2, 0.25) is 5.91 Å². The van der Waals surface area contributed by atoms with E-state index in [9.17, 15) is 14.7 Å². The molecule has 13 heteroatoms. The molecule has 3 aromatic rings. The van der Waals surface area contributed by atoms with E-state index < -0.39 is 5.91 Å². The molecule has 0 bridgehead atoms. The fourth-order valence-electron chi connectivity index (χ4n) is 3.21. The van der Waals surface area contributed by atoms with Crippen molar-refractivity contribution in [2.24, 2.45) is 17.9 Å². The molecule has 0 atom stereocenters. The Balaban J connectivity index is 1.67. The van der Waals surface area contributed by atoms with Crippen molar-refractivity contribution in [2.75, 3.05) is 11.9 Å². The lowest BCUT2D eigenvalue weighted by atomic mass is 10.1. The number of nitrogens with zero attached hydrogens (tertiary/aromatic N) is 3. The summed E-state index contributed by atoms with van der Waals surface area (Å²) in [5, 5.41) is 25.8. The van der Waals surface area contributed by atoms with Gasteiger partial charge in [0.25, 0.3) is 5.91 Å². The van der Waals surface area contributed by atoms with Gasteiger partial charge in [-0.3, -0.25) is 19.7 Å². The van der Waals surface area contributed by atoms with Crippen LogP contribution in [0.1, 0.15) is 29.4 Å². The van der Waals surface area contributed by atoms with Gasteiger partial charge in [0, 0.05) is 36.8 Å². The van der Waals surface area contributed by atoms with E-state index in [0.717, 1.165) is 0 Å². The lowest BCUT2D eigenvalue weighted by Gasteiger charge is -2.10. The number of hydrogen-bond donors (Lipinski definition) is 5. The number of benzene rings is 2. The van der Waals surface area contributed by atoms with Crippen molar-refractivity contribution in [1.29, 1.82) is 0 Å². The minimum absolute atomic E-state index is 0.0514. The Kier molecular flexibility index (Phi) is 8.86. The van der Waals surface area contributed by atoms with Gasteiger partial charge >= 0.3 is 0 Å². The number of aromatic nitrogens is 2. The van der Waals surface area contributed by atoms with Crippen molar-refractivity contribution in [1.82, 2.24) is 20.5 Å². The van der Waals surface area contributed by atoms with Crippen molar-refractivity contribution < 1.29 is 14.7 Å². The van der Waals surface area contributed by atoms with Crippen LogP contribution in [0, 0.1) is 0 Å². The molecule has 0 saturated heterocycles. The first kappa shape index (κ1) is 26.9. The summed E-state index contributed by atoms with van der Waals surface area (Å²) in [5.41, 5.74) is 10.4. The van der Waals surface area contributed by atoms with E-state index in [1.807, 2.05) is 0 Å². The summed E-state index contributed by atoms with van der Waals surface area (Å²) >= 11 is 17.4. The zero-order valence-corrected chi connectivity index (χ0v) is 21.6. The quantitative estimate of drug-likeness (QED) is 0.165. The number of halogens is 2. The predicted molar refractivity (Wildman–Crippen MR) is 144 cm³/mol. The number of thiocarbonyl (C=S) groups is 1. The molecule has 1 heterocycles. The number of nitrogens with two attached hydrogens (primary N) is 1. The number of carbonyl (C=O) groups excluding carboxylic acids is 2. The maximum atomic E-state index is 12.2. The van der Waals surface area contributed by atoms with Gasteiger partial charge < -0.3 is 21.5 Å². The highest BCUT2D eigenvalue weighted by Crippen LogP contribution is 2.35. The molecule has 2 amide bonds. The average molecular weight is 548 g/mol. The summed E-state index contributed by atoms with van der Waals surface area (Å²) in [6, 6.07) is 11.6. The van der Waals surface area contributed by atoms with Gasteiger partial charge in [0.1, 0.15) is 5.69 Å². The number of aromatic hydroxyl groups is 1. The molecule has 0 aliphatic carbocycles. The smallest absolute Gasteiger partial charge is 0.251 e. The van der Waals surface area contributed by atoms with Crippen molar-refractivity contribution >= 4 is 63.7 Å². The first-order chi connectivity index (χ1) is 17.1. The zero-order valence-electron chi connectivity index (χ0n) is 19.3. The molecular weight excluding hydrogens is 525 g/mol. The molecule has 0 radical (unpaired) electrons. The summed E-state index contributed by atoms with van der Waals surface area (Å²) in [4.78, 5) is 23.0. The van der Waals surface area contributed by atoms with Gasteiger partial charge in [-0.15, -0.1) is 0 Å². The van der Waals surface area contributed by atoms with Crippen molar-refractivity contribution in [2.45, 2.75) is 13.3 Å². The molecular formula is C23H23Cl2N7O3S. The molecule has 2 aromatic carbocycles. The molecule has 36 heavy (non-hydrogen) atoms. The molecule has 0 spiro atoms. The van der Waals surface area contributed by atoms with E-state index in [-0.39, 0.29) is 35.4 Å². The summed E-state index contributed by atoms with van der Waals surface area (Å²) in [5.74, 6) is -0.925. The lowest BCUT2D eigenvalue weighted by Crippen LogP contribution is -2.28. The van der Waals surface area contributed by atoms with Crippen LogP contribution in [0.2, 0.25) is 10.0 Å². The lowest BCUT2D eigenvalue weighted by molar-refractivity contribution is -0.117. The number of hydrazone groups is 1. The van der Waals surface area contributed by atoms with Crippen molar-refractivity contribution in [3.8, 4) is 17.0 Å². The number of nitrogens with one attached hydrogen (secondary N) is 3. The van der Waals surface area contributed by atoms with Crippen LogP contribution in [0.4, 0.5) is 5.69 Å². The number of aryl methyl sites for hydroxylation is 1. The molecule has 3 rings (SSSR count). The molecule has 6 N–H and O–H groups in total. The molecule has 0 saturated carbocycles. The van der Waals surface area contributed by atoms with Crippen molar-refractivity contribution in [3.05, 3.63) is 63.8 Å². The Morgan fingerprint density at radius 1 is 1.19 bits per heavy atom. The Hall–Kier alpha value is -3.67. The second-order valence-electron chi connectivity index (χ2n) is 7.61. The maximum absolute atomic E-state index is 12.2. The number of carbonyl (C=O) groups is 2. The topological polar surface area (TPSA) is 147 Å². The van der Waals surface area contributed by atoms with Gasteiger partial charge in [0.15, 0.2) is 16.6 Å². The second-order valence-corrected chi connectivity index (χ2v) is 8.84. The highest BCUT2D eigenvalue weighted by atomic mass is 35.5. The van der Waals surface area contributed by atoms with E-state index in [1.54, 1.807) is 56.4 Å². The third-order valence-electron chi connectivity index (χ3n) is 4.92. The van der Waals surface area contributed by atoms with E-state index in [4.69, 9.17) is 41.2 Å². The highest BCUT2D eigenvalue weighted by Gasteiger charge is 2.20. The van der Waals surface area contributed by atoms with Gasteiger partial charge in [-0.2, -0.15) is 10.2 Å². The summed E-state index contributed by atoms with van der Waals surface area (Å²) < 4.78 is 1.51. The fraction of sp³-hybridized carbons (Fsp3) is 0.174. The standard InChI is InChI=1S/C23H23Cl2N7O3S/c1-12(19-21(34)20(32(2)31-19)13-6-7-16(24)17(25)11-13)29-30-23(36)28-15-5-3-4-14(10-15)22(35)27-9-8-18(26)33/h3-7,10-11,34H,8-9H2,1-2H3,(H2,26,33)(H,27,35)(H2,28,30,36). The first-order valence-corrected chi connectivity index (χ1v) is 11.7. The SMILES string of the molecule is CC(=NNC(=S)Nc1cccc(C(=O)NCCC(N)=O)c1)c1nn(C)c(-c2ccc(Cl)c(Cl)c2)c1O. The number of anilines is 1. The van der Waals surface area contributed by atoms with E-state index >= 15 is 0 Å². The number of hydrogen-bond acceptors (Lipinski definition) is 6. The van der Waals surface area contributed by atoms with Crippen LogP contribution >= 0.6 is 35.4 Å². The van der Waals surface area contributed by atoms with Crippen LogP contribution in [0.15, 0.2) is 47.6 Å². The number of primary amides is 1. The van der Waals surface area contributed by atoms with Crippen molar-refractivity contribution in [3.63, 3.8) is 0 Å². The van der Waals surface area contributed by atoms with Crippen LogP contribution in [0.5, 0.6) is 5.75 Å². The average Bonchev–Trinajstić information content (AvgIpc) is 3.13. The predicted octanol–water partition coefficient (Wildman–Crippen LogP) is 3.42. The molecule has 10 nitrogen and oxygen atoms in total. The normalized spacial score (nSPS) is 11.2. The van der Waals surface area contributed by atoms with Crippen LogP contribution in [0.25, 0.3) is 11.3 Å². The maximum Gasteiger partial charge on any atom is 0.251 e. The minimum Gasteiger partial charge on any atom is -0.504 e. The molecule has 1 aromatic heterocycles.